The summed E-state index contributed by atoms with van der Waals surface area (Å²) in [5, 5.41) is 17.7. The van der Waals surface area contributed by atoms with E-state index in [0.29, 0.717) is 6.54 Å². The van der Waals surface area contributed by atoms with Crippen LogP contribution in [0.1, 0.15) is 11.1 Å². The maximum Gasteiger partial charge on any atom is 0.251 e. The number of aliphatic hydroxyl groups is 2. The molecule has 0 fully saturated rings. The SMILES string of the molecule is OCCN(Cc1ccc(CO)cc1)CC(F)F. The molecule has 3 nitrogen and oxygen atoms in total. The molecule has 96 valence electrons. The Balaban J connectivity index is 2.58. The molecule has 0 atom stereocenters. The third kappa shape index (κ3) is 5.21. The number of alkyl halides is 2. The van der Waals surface area contributed by atoms with Gasteiger partial charge in [-0.15, -0.1) is 0 Å². The predicted molar refractivity (Wildman–Crippen MR) is 60.7 cm³/mol. The first-order valence-corrected chi connectivity index (χ1v) is 5.45. The number of nitrogens with zero attached hydrogens (tertiary/aromatic N) is 1. The molecule has 0 bridgehead atoms. The lowest BCUT2D eigenvalue weighted by molar-refractivity contribution is 0.0746. The number of rotatable bonds is 7. The molecule has 0 spiro atoms. The molecule has 0 saturated heterocycles. The van der Waals surface area contributed by atoms with Crippen molar-refractivity contribution < 1.29 is 19.0 Å². The Labute approximate surface area is 99.3 Å². The number of aliphatic hydroxyl groups excluding tert-OH is 2. The van der Waals surface area contributed by atoms with Crippen molar-refractivity contribution in [3.05, 3.63) is 35.4 Å². The fourth-order valence-electron chi connectivity index (χ4n) is 1.58. The van der Waals surface area contributed by atoms with Gasteiger partial charge >= 0.3 is 0 Å². The molecule has 0 aliphatic rings. The minimum absolute atomic E-state index is 0.0301. The second kappa shape index (κ2) is 7.32. The molecule has 0 amide bonds. The average molecular weight is 245 g/mol. The second-order valence-electron chi connectivity index (χ2n) is 3.82. The minimum Gasteiger partial charge on any atom is -0.395 e. The maximum absolute atomic E-state index is 12.3. The molecule has 0 aliphatic carbocycles. The van der Waals surface area contributed by atoms with Crippen molar-refractivity contribution in [2.24, 2.45) is 0 Å². The van der Waals surface area contributed by atoms with Gasteiger partial charge in [-0.05, 0) is 11.1 Å². The highest BCUT2D eigenvalue weighted by molar-refractivity contribution is 5.21. The van der Waals surface area contributed by atoms with E-state index in [1.54, 1.807) is 24.3 Å². The molecule has 0 saturated carbocycles. The van der Waals surface area contributed by atoms with Crippen LogP contribution in [0.3, 0.4) is 0 Å². The van der Waals surface area contributed by atoms with E-state index in [1.165, 1.54) is 4.90 Å². The Bertz CT molecular complexity index is 317. The van der Waals surface area contributed by atoms with Crippen molar-refractivity contribution >= 4 is 0 Å². The molecule has 1 aromatic rings. The van der Waals surface area contributed by atoms with E-state index in [-0.39, 0.29) is 26.3 Å². The predicted octanol–water partition coefficient (Wildman–Crippen LogP) is 1.24. The van der Waals surface area contributed by atoms with Gasteiger partial charge in [-0.25, -0.2) is 8.78 Å². The average Bonchev–Trinajstić information content (AvgIpc) is 2.29. The van der Waals surface area contributed by atoms with Gasteiger partial charge in [0.05, 0.1) is 19.8 Å². The highest BCUT2D eigenvalue weighted by atomic mass is 19.3. The van der Waals surface area contributed by atoms with E-state index in [4.69, 9.17) is 10.2 Å². The first kappa shape index (κ1) is 14.0. The molecule has 0 aromatic heterocycles. The van der Waals surface area contributed by atoms with E-state index in [2.05, 4.69) is 0 Å². The monoisotopic (exact) mass is 245 g/mol. The smallest absolute Gasteiger partial charge is 0.251 e. The van der Waals surface area contributed by atoms with Gasteiger partial charge in [0.25, 0.3) is 6.43 Å². The fraction of sp³-hybridized carbons (Fsp3) is 0.500. The van der Waals surface area contributed by atoms with Crippen molar-refractivity contribution in [1.82, 2.24) is 4.90 Å². The molecule has 0 radical (unpaired) electrons. The van der Waals surface area contributed by atoms with Crippen LogP contribution in [0.5, 0.6) is 0 Å². The van der Waals surface area contributed by atoms with Crippen LogP contribution in [0.15, 0.2) is 24.3 Å². The zero-order valence-corrected chi connectivity index (χ0v) is 9.52. The number of halogens is 2. The standard InChI is InChI=1S/C12H17F2NO2/c13-12(14)8-15(5-6-16)7-10-1-3-11(9-17)4-2-10/h1-4,12,16-17H,5-9H2. The summed E-state index contributed by atoms with van der Waals surface area (Å²) in [7, 11) is 0. The number of hydrogen-bond acceptors (Lipinski definition) is 3. The van der Waals surface area contributed by atoms with E-state index in [1.807, 2.05) is 0 Å². The molecule has 2 N–H and O–H groups in total. The van der Waals surface area contributed by atoms with E-state index in [0.717, 1.165) is 11.1 Å². The second-order valence-corrected chi connectivity index (χ2v) is 3.82. The highest BCUT2D eigenvalue weighted by Crippen LogP contribution is 2.09. The van der Waals surface area contributed by atoms with Crippen LogP contribution in [0, 0.1) is 0 Å². The number of benzene rings is 1. The quantitative estimate of drug-likeness (QED) is 0.759. The lowest BCUT2D eigenvalue weighted by Gasteiger charge is -2.20. The van der Waals surface area contributed by atoms with E-state index < -0.39 is 6.43 Å². The van der Waals surface area contributed by atoms with Gasteiger partial charge in [-0.1, -0.05) is 24.3 Å². The molecule has 1 aromatic carbocycles. The summed E-state index contributed by atoms with van der Waals surface area (Å²) in [5.74, 6) is 0. The Morgan fingerprint density at radius 3 is 2.12 bits per heavy atom. The van der Waals surface area contributed by atoms with Crippen molar-refractivity contribution in [3.8, 4) is 0 Å². The van der Waals surface area contributed by atoms with Crippen molar-refractivity contribution in [1.29, 1.82) is 0 Å². The fourth-order valence-corrected chi connectivity index (χ4v) is 1.58. The molecular weight excluding hydrogens is 228 g/mol. The van der Waals surface area contributed by atoms with Gasteiger partial charge in [-0.2, -0.15) is 0 Å². The highest BCUT2D eigenvalue weighted by Gasteiger charge is 2.11. The van der Waals surface area contributed by atoms with Gasteiger partial charge in [0.15, 0.2) is 0 Å². The summed E-state index contributed by atoms with van der Waals surface area (Å²) in [4.78, 5) is 1.50. The van der Waals surface area contributed by atoms with Crippen LogP contribution in [-0.4, -0.2) is 41.2 Å². The van der Waals surface area contributed by atoms with E-state index >= 15 is 0 Å². The first-order valence-electron chi connectivity index (χ1n) is 5.45. The van der Waals surface area contributed by atoms with Crippen LogP contribution in [0.4, 0.5) is 8.78 Å². The maximum atomic E-state index is 12.3. The Morgan fingerprint density at radius 1 is 1.06 bits per heavy atom. The molecule has 17 heavy (non-hydrogen) atoms. The largest absolute Gasteiger partial charge is 0.395 e. The van der Waals surface area contributed by atoms with Crippen LogP contribution < -0.4 is 0 Å². The summed E-state index contributed by atoms with van der Waals surface area (Å²) in [6.45, 7) is 0.0874. The van der Waals surface area contributed by atoms with Crippen LogP contribution in [0.2, 0.25) is 0 Å². The zero-order chi connectivity index (χ0) is 12.7. The van der Waals surface area contributed by atoms with Gasteiger partial charge < -0.3 is 10.2 Å². The molecule has 0 aliphatic heterocycles. The molecular formula is C12H17F2NO2. The third-order valence-corrected chi connectivity index (χ3v) is 2.42. The lowest BCUT2D eigenvalue weighted by atomic mass is 10.1. The van der Waals surface area contributed by atoms with Crippen molar-refractivity contribution in [3.63, 3.8) is 0 Å². The number of hydrogen-bond donors (Lipinski definition) is 2. The Kier molecular flexibility index (Phi) is 6.04. The first-order chi connectivity index (χ1) is 8.15. The van der Waals surface area contributed by atoms with Crippen LogP contribution >= 0.6 is 0 Å². The minimum atomic E-state index is -2.40. The third-order valence-electron chi connectivity index (χ3n) is 2.42. The van der Waals surface area contributed by atoms with Crippen LogP contribution in [-0.2, 0) is 13.2 Å². The Morgan fingerprint density at radius 2 is 1.65 bits per heavy atom. The summed E-state index contributed by atoms with van der Waals surface area (Å²) in [5.41, 5.74) is 1.67. The topological polar surface area (TPSA) is 43.7 Å². The van der Waals surface area contributed by atoms with Gasteiger partial charge in [0, 0.05) is 13.1 Å². The molecule has 0 unspecified atom stereocenters. The lowest BCUT2D eigenvalue weighted by Crippen LogP contribution is -2.31. The van der Waals surface area contributed by atoms with Crippen LogP contribution in [0.25, 0.3) is 0 Å². The van der Waals surface area contributed by atoms with Crippen molar-refractivity contribution in [2.45, 2.75) is 19.6 Å². The normalized spacial score (nSPS) is 11.4. The summed E-state index contributed by atoms with van der Waals surface area (Å²) in [6.07, 6.45) is -2.40. The van der Waals surface area contributed by atoms with Gasteiger partial charge in [0.2, 0.25) is 0 Å². The summed E-state index contributed by atoms with van der Waals surface area (Å²) >= 11 is 0. The molecule has 0 heterocycles. The summed E-state index contributed by atoms with van der Waals surface area (Å²) < 4.78 is 24.5. The van der Waals surface area contributed by atoms with Gasteiger partial charge in [-0.3, -0.25) is 4.90 Å². The van der Waals surface area contributed by atoms with E-state index in [9.17, 15) is 8.78 Å². The molecule has 5 heteroatoms. The zero-order valence-electron chi connectivity index (χ0n) is 9.52. The molecule has 1 rings (SSSR count). The van der Waals surface area contributed by atoms with Crippen molar-refractivity contribution in [2.75, 3.05) is 19.7 Å². The Hall–Kier alpha value is -1.04. The van der Waals surface area contributed by atoms with Gasteiger partial charge in [0.1, 0.15) is 0 Å². The summed E-state index contributed by atoms with van der Waals surface area (Å²) in [6, 6.07) is 7.10.